The van der Waals surface area contributed by atoms with Gasteiger partial charge in [0.15, 0.2) is 0 Å². The molecule has 0 atom stereocenters. The van der Waals surface area contributed by atoms with Gasteiger partial charge in [0.05, 0.1) is 5.69 Å². The molecule has 0 amide bonds. The van der Waals surface area contributed by atoms with Crippen LogP contribution in [0.15, 0.2) is 36.5 Å². The predicted octanol–water partition coefficient (Wildman–Crippen LogP) is 12.2. The largest absolute Gasteiger partial charge is 0.335 e. The standard InChI is InChI=1S/C38H66N2/c1-3-5-7-9-11-12-13-14-15-16-17-18-19-21-26-33-38-39-37(32-28-31-36-29-24-23-25-30-36)35-40(38)34-27-22-20-10-8-6-4-2/h23-25,29-30,35H,3-22,26-28,31-34H2,1-2H3. The van der Waals surface area contributed by atoms with Gasteiger partial charge in [-0.25, -0.2) is 4.98 Å². The minimum atomic E-state index is 1.10. The summed E-state index contributed by atoms with van der Waals surface area (Å²) in [5.41, 5.74) is 2.76. The summed E-state index contributed by atoms with van der Waals surface area (Å²) in [6.45, 7) is 5.77. The molecule has 1 heterocycles. The Hall–Kier alpha value is -1.57. The van der Waals surface area contributed by atoms with Gasteiger partial charge >= 0.3 is 0 Å². The van der Waals surface area contributed by atoms with Crippen LogP contribution < -0.4 is 0 Å². The second kappa shape index (κ2) is 25.2. The van der Waals surface area contributed by atoms with Crippen molar-refractivity contribution in [3.8, 4) is 0 Å². The summed E-state index contributed by atoms with van der Waals surface area (Å²) in [5.74, 6) is 1.36. The highest BCUT2D eigenvalue weighted by Gasteiger charge is 2.08. The average Bonchev–Trinajstić information content (AvgIpc) is 3.36. The summed E-state index contributed by atoms with van der Waals surface area (Å²) in [7, 11) is 0. The number of nitrogens with zero attached hydrogens (tertiary/aromatic N) is 2. The van der Waals surface area contributed by atoms with Crippen LogP contribution in [0.1, 0.15) is 179 Å². The molecule has 0 aliphatic carbocycles. The zero-order chi connectivity index (χ0) is 28.4. The van der Waals surface area contributed by atoms with Gasteiger partial charge in [-0.15, -0.1) is 0 Å². The fourth-order valence-electron chi connectivity index (χ4n) is 6.04. The van der Waals surface area contributed by atoms with Crippen LogP contribution in [0.2, 0.25) is 0 Å². The molecule has 2 rings (SSSR count). The highest BCUT2D eigenvalue weighted by Crippen LogP contribution is 2.17. The molecule has 40 heavy (non-hydrogen) atoms. The van der Waals surface area contributed by atoms with Crippen LogP contribution in [-0.4, -0.2) is 9.55 Å². The quantitative estimate of drug-likeness (QED) is 0.0963. The van der Waals surface area contributed by atoms with E-state index in [1.165, 1.54) is 165 Å². The first-order valence-corrected chi connectivity index (χ1v) is 17.9. The monoisotopic (exact) mass is 551 g/mol. The van der Waals surface area contributed by atoms with Crippen LogP contribution in [0.4, 0.5) is 0 Å². The highest BCUT2D eigenvalue weighted by molar-refractivity contribution is 5.15. The van der Waals surface area contributed by atoms with E-state index in [4.69, 9.17) is 4.98 Å². The lowest BCUT2D eigenvalue weighted by Gasteiger charge is -2.08. The Labute approximate surface area is 250 Å². The molecular weight excluding hydrogens is 484 g/mol. The molecule has 0 radical (unpaired) electrons. The van der Waals surface area contributed by atoms with Gasteiger partial charge in [0.1, 0.15) is 5.82 Å². The lowest BCUT2D eigenvalue weighted by Crippen LogP contribution is -2.03. The smallest absolute Gasteiger partial charge is 0.108 e. The number of unbranched alkanes of at least 4 members (excludes halogenated alkanes) is 20. The number of benzene rings is 1. The average molecular weight is 551 g/mol. The summed E-state index contributed by atoms with van der Waals surface area (Å²) in [5, 5.41) is 0. The van der Waals surface area contributed by atoms with Gasteiger partial charge in [-0.1, -0.05) is 173 Å². The Morgan fingerprint density at radius 3 is 1.48 bits per heavy atom. The van der Waals surface area contributed by atoms with Crippen molar-refractivity contribution in [3.05, 3.63) is 53.6 Å². The lowest BCUT2D eigenvalue weighted by molar-refractivity contribution is 0.522. The third-order valence-corrected chi connectivity index (χ3v) is 8.66. The zero-order valence-corrected chi connectivity index (χ0v) is 27.0. The van der Waals surface area contributed by atoms with Crippen molar-refractivity contribution in [2.75, 3.05) is 0 Å². The molecule has 0 aliphatic rings. The molecule has 0 saturated carbocycles. The van der Waals surface area contributed by atoms with Crippen molar-refractivity contribution in [2.45, 2.75) is 187 Å². The molecule has 0 bridgehead atoms. The molecule has 0 fully saturated rings. The van der Waals surface area contributed by atoms with E-state index in [9.17, 15) is 0 Å². The summed E-state index contributed by atoms with van der Waals surface area (Å²) >= 11 is 0. The topological polar surface area (TPSA) is 17.8 Å². The van der Waals surface area contributed by atoms with Crippen LogP contribution in [0, 0.1) is 0 Å². The summed E-state index contributed by atoms with van der Waals surface area (Å²) in [6.07, 6.45) is 38.0. The van der Waals surface area contributed by atoms with Gasteiger partial charge in [0, 0.05) is 19.2 Å². The van der Waals surface area contributed by atoms with Gasteiger partial charge in [0.2, 0.25) is 0 Å². The zero-order valence-electron chi connectivity index (χ0n) is 27.0. The van der Waals surface area contributed by atoms with Gasteiger partial charge in [-0.2, -0.15) is 0 Å². The van der Waals surface area contributed by atoms with E-state index in [-0.39, 0.29) is 0 Å². The number of aryl methyl sites for hydroxylation is 4. The van der Waals surface area contributed by atoms with Gasteiger partial charge in [-0.05, 0) is 37.7 Å². The van der Waals surface area contributed by atoms with Crippen LogP contribution in [-0.2, 0) is 25.8 Å². The van der Waals surface area contributed by atoms with Crippen molar-refractivity contribution in [1.82, 2.24) is 9.55 Å². The van der Waals surface area contributed by atoms with E-state index < -0.39 is 0 Å². The van der Waals surface area contributed by atoms with Crippen molar-refractivity contribution in [2.24, 2.45) is 0 Å². The molecule has 0 spiro atoms. The molecule has 1 aromatic carbocycles. The maximum absolute atomic E-state index is 5.15. The third kappa shape index (κ3) is 18.0. The van der Waals surface area contributed by atoms with Gasteiger partial charge in [0.25, 0.3) is 0 Å². The third-order valence-electron chi connectivity index (χ3n) is 8.66. The predicted molar refractivity (Wildman–Crippen MR) is 177 cm³/mol. The first-order chi connectivity index (χ1) is 19.8. The maximum atomic E-state index is 5.15. The maximum Gasteiger partial charge on any atom is 0.108 e. The lowest BCUT2D eigenvalue weighted by atomic mass is 10.0. The fraction of sp³-hybridized carbons (Fsp3) is 0.763. The Morgan fingerprint density at radius 1 is 0.475 bits per heavy atom. The van der Waals surface area contributed by atoms with E-state index >= 15 is 0 Å². The van der Waals surface area contributed by atoms with E-state index in [2.05, 4.69) is 54.9 Å². The number of hydrogen-bond acceptors (Lipinski definition) is 1. The number of imidazole rings is 1. The number of aromatic nitrogens is 2. The summed E-state index contributed by atoms with van der Waals surface area (Å²) in [4.78, 5) is 5.15. The minimum Gasteiger partial charge on any atom is -0.335 e. The molecule has 0 aliphatic heterocycles. The van der Waals surface area contributed by atoms with E-state index in [1.54, 1.807) is 0 Å². The first kappa shape index (κ1) is 34.6. The van der Waals surface area contributed by atoms with Gasteiger partial charge in [-0.3, -0.25) is 0 Å². The molecule has 0 saturated heterocycles. The Bertz CT molecular complexity index is 793. The van der Waals surface area contributed by atoms with Crippen LogP contribution in [0.5, 0.6) is 0 Å². The number of hydrogen-bond donors (Lipinski definition) is 0. The molecule has 0 unspecified atom stereocenters. The van der Waals surface area contributed by atoms with E-state index in [0.29, 0.717) is 0 Å². The molecular formula is C38H66N2. The Balaban J connectivity index is 1.60. The van der Waals surface area contributed by atoms with Crippen molar-refractivity contribution < 1.29 is 0 Å². The molecule has 0 N–H and O–H groups in total. The second-order valence-corrected chi connectivity index (χ2v) is 12.5. The van der Waals surface area contributed by atoms with Crippen LogP contribution in [0.3, 0.4) is 0 Å². The van der Waals surface area contributed by atoms with Crippen molar-refractivity contribution in [3.63, 3.8) is 0 Å². The number of rotatable bonds is 28. The summed E-state index contributed by atoms with van der Waals surface area (Å²) < 4.78 is 2.52. The van der Waals surface area contributed by atoms with Crippen LogP contribution in [0.25, 0.3) is 0 Å². The van der Waals surface area contributed by atoms with E-state index in [0.717, 1.165) is 25.8 Å². The molecule has 2 nitrogen and oxygen atoms in total. The molecule has 2 heteroatoms. The Morgan fingerprint density at radius 2 is 0.950 bits per heavy atom. The van der Waals surface area contributed by atoms with E-state index in [1.807, 2.05) is 0 Å². The molecule has 1 aromatic heterocycles. The highest BCUT2D eigenvalue weighted by atomic mass is 15.1. The SMILES string of the molecule is CCCCCCCCCCCCCCCCCc1nc(CCCc2ccccc2)cn1CCCCCCCCC. The fourth-order valence-corrected chi connectivity index (χ4v) is 6.04. The molecule has 2 aromatic rings. The van der Waals surface area contributed by atoms with Crippen molar-refractivity contribution in [1.29, 1.82) is 0 Å². The molecule has 228 valence electrons. The second-order valence-electron chi connectivity index (χ2n) is 12.5. The normalized spacial score (nSPS) is 11.4. The van der Waals surface area contributed by atoms with Crippen LogP contribution >= 0.6 is 0 Å². The minimum absolute atomic E-state index is 1.10. The van der Waals surface area contributed by atoms with Gasteiger partial charge < -0.3 is 4.57 Å². The Kier molecular flexibility index (Phi) is 21.8. The van der Waals surface area contributed by atoms with Crippen molar-refractivity contribution >= 4 is 0 Å². The summed E-state index contributed by atoms with van der Waals surface area (Å²) in [6, 6.07) is 10.9. The first-order valence-electron chi connectivity index (χ1n) is 17.9.